The van der Waals surface area contributed by atoms with Gasteiger partial charge in [0.2, 0.25) is 0 Å². The van der Waals surface area contributed by atoms with E-state index in [0.29, 0.717) is 0 Å². The van der Waals surface area contributed by atoms with E-state index < -0.39 is 5.41 Å². The molecule has 1 spiro atoms. The number of benzene rings is 13. The van der Waals surface area contributed by atoms with Crippen molar-refractivity contribution < 1.29 is 0 Å². The van der Waals surface area contributed by atoms with Gasteiger partial charge in [0.05, 0.1) is 55.2 Å². The van der Waals surface area contributed by atoms with Crippen molar-refractivity contribution in [3.8, 4) is 56.1 Å². The zero-order valence-corrected chi connectivity index (χ0v) is 45.0. The maximum Gasteiger partial charge on any atom is 0.0784 e. The first kappa shape index (κ1) is 44.9. The van der Waals surface area contributed by atoms with Crippen LogP contribution in [0.3, 0.4) is 0 Å². The summed E-state index contributed by atoms with van der Waals surface area (Å²) in [5, 5.41) is 9.86. The van der Waals surface area contributed by atoms with Gasteiger partial charge < -0.3 is 18.3 Å². The van der Waals surface area contributed by atoms with Crippen molar-refractivity contribution >= 4 is 87.2 Å². The molecule has 0 aliphatic heterocycles. The Balaban J connectivity index is 0.914. The summed E-state index contributed by atoms with van der Waals surface area (Å²) in [5.74, 6) is 0. The molecular weight excluding hydrogens is 1000 g/mol. The molecule has 4 heteroatoms. The lowest BCUT2D eigenvalue weighted by Crippen LogP contribution is -2.25. The molecule has 0 N–H and O–H groups in total. The second kappa shape index (κ2) is 16.6. The minimum absolute atomic E-state index is 0.513. The van der Waals surface area contributed by atoms with Crippen LogP contribution in [0.1, 0.15) is 22.3 Å². The Morgan fingerprint density at radius 2 is 0.554 bits per heavy atom. The summed E-state index contributed by atoms with van der Waals surface area (Å²) < 4.78 is 10.0. The normalized spacial score (nSPS) is 13.2. The van der Waals surface area contributed by atoms with Crippen LogP contribution < -0.4 is 0 Å². The van der Waals surface area contributed by atoms with Crippen molar-refractivity contribution in [1.29, 1.82) is 0 Å². The minimum Gasteiger partial charge on any atom is -0.309 e. The molecule has 0 amide bonds. The Kier molecular flexibility index (Phi) is 8.96. The molecule has 13 aromatic carbocycles. The monoisotopic (exact) mass is 1050 g/mol. The van der Waals surface area contributed by atoms with Gasteiger partial charge >= 0.3 is 0 Å². The van der Waals surface area contributed by atoms with E-state index in [0.717, 1.165) is 39.3 Å². The third-order valence-electron chi connectivity index (χ3n) is 18.8. The van der Waals surface area contributed by atoms with Gasteiger partial charge in [0.15, 0.2) is 0 Å². The Bertz CT molecular complexity index is 5420. The predicted octanol–water partition coefficient (Wildman–Crippen LogP) is 20.1. The molecule has 0 saturated heterocycles. The largest absolute Gasteiger partial charge is 0.309 e. The molecule has 0 bridgehead atoms. The quantitative estimate of drug-likeness (QED) is 0.164. The topological polar surface area (TPSA) is 19.7 Å². The standard InChI is InChI=1S/C79H48N4/c1-10-28-66-54(19-1)55-20-2-11-29-67(55)79(66)68-30-12-3-21-56(68)63-48-76-64(47-69(63)79)65-45-53(81-72-33-15-6-24-59(72)60-25-7-16-34-73(60)81)46-77(83-74-35-17-8-26-61(74)62-27-9-18-36-75(62)83)78(65)82(76)52-43-39-50(40-44-52)49-37-41-51(42-38-49)80-70-31-13-4-22-57(70)58-23-5-14-32-71(58)80/h1-48H. The van der Waals surface area contributed by atoms with Gasteiger partial charge in [-0.2, -0.15) is 0 Å². The molecule has 19 rings (SSSR count). The average molecular weight is 1050 g/mol. The van der Waals surface area contributed by atoms with Crippen LogP contribution in [0.25, 0.3) is 143 Å². The van der Waals surface area contributed by atoms with E-state index in [1.165, 1.54) is 126 Å². The summed E-state index contributed by atoms with van der Waals surface area (Å²) in [6.07, 6.45) is 0. The molecule has 2 aliphatic rings. The van der Waals surface area contributed by atoms with Crippen molar-refractivity contribution in [3.05, 3.63) is 313 Å². The van der Waals surface area contributed by atoms with Gasteiger partial charge in [-0.1, -0.05) is 206 Å². The molecule has 4 nitrogen and oxygen atoms in total. The molecular formula is C79H48N4. The van der Waals surface area contributed by atoms with E-state index in [1.807, 2.05) is 0 Å². The number of fused-ring (bicyclic) bond motifs is 22. The van der Waals surface area contributed by atoms with Crippen molar-refractivity contribution in [1.82, 2.24) is 18.3 Å². The first-order chi connectivity index (χ1) is 41.2. The highest BCUT2D eigenvalue weighted by molar-refractivity contribution is 6.18. The van der Waals surface area contributed by atoms with Crippen LogP contribution >= 0.6 is 0 Å². The van der Waals surface area contributed by atoms with Crippen LogP contribution in [0.2, 0.25) is 0 Å². The SMILES string of the molecule is c1ccc2c(c1)-c1ccccc1C21c2ccccc2-c2cc3c(cc21)c1cc(-n2c4ccccc4c4ccccc42)cc(-n2c4ccccc4c4ccccc42)c1n3-c1ccc(-c2ccc(-n3c4ccccc4c4ccccc43)cc2)cc1. The molecule has 83 heavy (non-hydrogen) atoms. The molecule has 0 fully saturated rings. The van der Waals surface area contributed by atoms with Gasteiger partial charge in [-0.25, -0.2) is 0 Å². The lowest BCUT2D eigenvalue weighted by molar-refractivity contribution is 0.795. The van der Waals surface area contributed by atoms with Crippen molar-refractivity contribution in [2.24, 2.45) is 0 Å². The smallest absolute Gasteiger partial charge is 0.0784 e. The molecule has 4 heterocycles. The van der Waals surface area contributed by atoms with E-state index in [4.69, 9.17) is 0 Å². The third-order valence-corrected chi connectivity index (χ3v) is 18.8. The summed E-state index contributed by atoms with van der Waals surface area (Å²) in [5.41, 5.74) is 26.2. The Morgan fingerprint density at radius 1 is 0.205 bits per heavy atom. The summed E-state index contributed by atoms with van der Waals surface area (Å²) in [4.78, 5) is 0. The molecule has 4 aromatic heterocycles. The lowest BCUT2D eigenvalue weighted by Gasteiger charge is -2.30. The number of para-hydroxylation sites is 6. The Morgan fingerprint density at radius 3 is 0.988 bits per heavy atom. The Labute approximate surface area is 477 Å². The van der Waals surface area contributed by atoms with Crippen LogP contribution in [-0.4, -0.2) is 18.3 Å². The maximum atomic E-state index is 2.60. The first-order valence-corrected chi connectivity index (χ1v) is 28.8. The van der Waals surface area contributed by atoms with Gasteiger partial charge in [0.25, 0.3) is 0 Å². The van der Waals surface area contributed by atoms with Gasteiger partial charge in [-0.15, -0.1) is 0 Å². The summed E-state index contributed by atoms with van der Waals surface area (Å²) in [6, 6.07) is 109. The van der Waals surface area contributed by atoms with E-state index in [-0.39, 0.29) is 0 Å². The summed E-state index contributed by atoms with van der Waals surface area (Å²) in [7, 11) is 0. The number of aromatic nitrogens is 4. The highest BCUT2D eigenvalue weighted by Crippen LogP contribution is 2.63. The molecule has 384 valence electrons. The Hall–Kier alpha value is -10.9. The number of rotatable bonds is 5. The first-order valence-electron chi connectivity index (χ1n) is 28.8. The summed E-state index contributed by atoms with van der Waals surface area (Å²) >= 11 is 0. The fourth-order valence-electron chi connectivity index (χ4n) is 15.4. The zero-order chi connectivity index (χ0) is 54.1. The van der Waals surface area contributed by atoms with Crippen molar-refractivity contribution in [2.75, 3.05) is 0 Å². The van der Waals surface area contributed by atoms with E-state index in [2.05, 4.69) is 309 Å². The molecule has 0 radical (unpaired) electrons. The molecule has 0 atom stereocenters. The minimum atomic E-state index is -0.513. The number of hydrogen-bond acceptors (Lipinski definition) is 0. The average Bonchev–Trinajstić information content (AvgIpc) is 1.60. The van der Waals surface area contributed by atoms with Crippen LogP contribution in [-0.2, 0) is 5.41 Å². The fraction of sp³-hybridized carbons (Fsp3) is 0.0127. The third kappa shape index (κ3) is 5.88. The second-order valence-electron chi connectivity index (χ2n) is 22.7. The molecule has 0 saturated carbocycles. The highest BCUT2D eigenvalue weighted by atomic mass is 15.1. The predicted molar refractivity (Wildman–Crippen MR) is 346 cm³/mol. The zero-order valence-electron chi connectivity index (χ0n) is 45.0. The molecule has 2 aliphatic carbocycles. The fourth-order valence-corrected chi connectivity index (χ4v) is 15.4. The van der Waals surface area contributed by atoms with E-state index in [9.17, 15) is 0 Å². The van der Waals surface area contributed by atoms with Crippen LogP contribution in [0, 0.1) is 0 Å². The van der Waals surface area contributed by atoms with Gasteiger partial charge in [-0.05, 0) is 141 Å². The molecule has 17 aromatic rings. The van der Waals surface area contributed by atoms with Gasteiger partial charge in [-0.3, -0.25) is 0 Å². The van der Waals surface area contributed by atoms with Crippen molar-refractivity contribution in [2.45, 2.75) is 5.41 Å². The number of nitrogens with zero attached hydrogens (tertiary/aromatic N) is 4. The second-order valence-corrected chi connectivity index (χ2v) is 22.7. The number of hydrogen-bond donors (Lipinski definition) is 0. The van der Waals surface area contributed by atoms with Crippen LogP contribution in [0.5, 0.6) is 0 Å². The van der Waals surface area contributed by atoms with Gasteiger partial charge in [0.1, 0.15) is 0 Å². The van der Waals surface area contributed by atoms with E-state index in [1.54, 1.807) is 0 Å². The maximum absolute atomic E-state index is 2.60. The van der Waals surface area contributed by atoms with Crippen LogP contribution in [0.4, 0.5) is 0 Å². The van der Waals surface area contributed by atoms with Crippen molar-refractivity contribution in [3.63, 3.8) is 0 Å². The highest BCUT2D eigenvalue weighted by Gasteiger charge is 2.52. The van der Waals surface area contributed by atoms with Crippen LogP contribution in [0.15, 0.2) is 291 Å². The summed E-state index contributed by atoms with van der Waals surface area (Å²) in [6.45, 7) is 0. The van der Waals surface area contributed by atoms with Gasteiger partial charge in [0, 0.05) is 60.2 Å². The van der Waals surface area contributed by atoms with E-state index >= 15 is 0 Å². The lowest BCUT2D eigenvalue weighted by atomic mass is 9.70. The molecule has 0 unspecified atom stereocenters.